The first-order chi connectivity index (χ1) is 10.2. The zero-order valence-corrected chi connectivity index (χ0v) is 11.3. The highest BCUT2D eigenvalue weighted by atomic mass is 16.5. The van der Waals surface area contributed by atoms with Crippen LogP contribution in [0.2, 0.25) is 0 Å². The predicted octanol–water partition coefficient (Wildman–Crippen LogP) is 3.40. The Morgan fingerprint density at radius 2 is 2.10 bits per heavy atom. The van der Waals surface area contributed by atoms with E-state index in [9.17, 15) is 4.79 Å². The summed E-state index contributed by atoms with van der Waals surface area (Å²) in [6.45, 7) is 0. The van der Waals surface area contributed by atoms with Crippen molar-refractivity contribution in [2.45, 2.75) is 25.7 Å². The average molecular weight is 282 g/mol. The van der Waals surface area contributed by atoms with Crippen molar-refractivity contribution in [3.05, 3.63) is 41.3 Å². The van der Waals surface area contributed by atoms with Gasteiger partial charge in [0.1, 0.15) is 5.69 Å². The molecule has 4 rings (SSSR count). The third-order valence-electron chi connectivity index (χ3n) is 4.11. The van der Waals surface area contributed by atoms with E-state index < -0.39 is 5.97 Å². The van der Waals surface area contributed by atoms with Crippen LogP contribution in [0.1, 0.15) is 34.7 Å². The first kappa shape index (κ1) is 12.2. The number of aromatic nitrogens is 2. The molecule has 0 bridgehead atoms. The summed E-state index contributed by atoms with van der Waals surface area (Å²) in [4.78, 5) is 14.3. The molecule has 1 aliphatic carbocycles. The molecule has 0 spiro atoms. The molecule has 1 aliphatic rings. The first-order valence-electron chi connectivity index (χ1n) is 7.06. The van der Waals surface area contributed by atoms with Crippen LogP contribution >= 0.6 is 0 Å². The molecule has 1 aromatic carbocycles. The lowest BCUT2D eigenvalue weighted by molar-refractivity contribution is 0.0652. The van der Waals surface area contributed by atoms with Crippen molar-refractivity contribution in [1.29, 1.82) is 0 Å². The SMILES string of the molecule is O=C(O)c1cc(-c2ccc3[nH]c4c(c3c2)CCCC4)no1. The van der Waals surface area contributed by atoms with Crippen molar-refractivity contribution < 1.29 is 14.4 Å². The van der Waals surface area contributed by atoms with Gasteiger partial charge < -0.3 is 14.6 Å². The second kappa shape index (κ2) is 4.48. The molecular formula is C16H14N2O3. The van der Waals surface area contributed by atoms with E-state index in [1.54, 1.807) is 0 Å². The highest BCUT2D eigenvalue weighted by molar-refractivity contribution is 5.90. The summed E-state index contributed by atoms with van der Waals surface area (Å²) in [6, 6.07) is 7.49. The zero-order chi connectivity index (χ0) is 14.4. The van der Waals surface area contributed by atoms with Crippen LogP contribution in [0.15, 0.2) is 28.8 Å². The van der Waals surface area contributed by atoms with E-state index in [-0.39, 0.29) is 5.76 Å². The summed E-state index contributed by atoms with van der Waals surface area (Å²) in [5.41, 5.74) is 5.29. The summed E-state index contributed by atoms with van der Waals surface area (Å²) in [6.07, 6.45) is 4.65. The van der Waals surface area contributed by atoms with E-state index in [4.69, 9.17) is 9.63 Å². The second-order valence-corrected chi connectivity index (χ2v) is 5.43. The molecule has 21 heavy (non-hydrogen) atoms. The summed E-state index contributed by atoms with van der Waals surface area (Å²) < 4.78 is 4.83. The molecule has 2 heterocycles. The van der Waals surface area contributed by atoms with Gasteiger partial charge in [-0.15, -0.1) is 0 Å². The Morgan fingerprint density at radius 3 is 2.90 bits per heavy atom. The number of fused-ring (bicyclic) bond motifs is 3. The molecule has 0 amide bonds. The summed E-state index contributed by atoms with van der Waals surface area (Å²) >= 11 is 0. The second-order valence-electron chi connectivity index (χ2n) is 5.43. The van der Waals surface area contributed by atoms with Crippen LogP contribution in [0.5, 0.6) is 0 Å². The lowest BCUT2D eigenvalue weighted by Gasteiger charge is -2.10. The van der Waals surface area contributed by atoms with E-state index >= 15 is 0 Å². The van der Waals surface area contributed by atoms with Gasteiger partial charge in [0.15, 0.2) is 0 Å². The van der Waals surface area contributed by atoms with E-state index in [1.165, 1.54) is 35.6 Å². The number of carboxylic acid groups (broad SMARTS) is 1. The molecule has 0 atom stereocenters. The van der Waals surface area contributed by atoms with Gasteiger partial charge in [-0.3, -0.25) is 0 Å². The Morgan fingerprint density at radius 1 is 1.24 bits per heavy atom. The normalized spacial score (nSPS) is 14.3. The molecule has 0 saturated heterocycles. The van der Waals surface area contributed by atoms with Gasteiger partial charge in [-0.25, -0.2) is 4.79 Å². The number of hydrogen-bond donors (Lipinski definition) is 2. The van der Waals surface area contributed by atoms with Gasteiger partial charge in [-0.1, -0.05) is 11.2 Å². The van der Waals surface area contributed by atoms with Crippen LogP contribution in [-0.4, -0.2) is 21.2 Å². The maximum absolute atomic E-state index is 10.9. The summed E-state index contributed by atoms with van der Waals surface area (Å²) in [5.74, 6) is -1.24. The molecule has 0 saturated carbocycles. The Kier molecular flexibility index (Phi) is 2.60. The third kappa shape index (κ3) is 1.93. The van der Waals surface area contributed by atoms with E-state index in [1.807, 2.05) is 12.1 Å². The number of carbonyl (C=O) groups is 1. The fourth-order valence-corrected chi connectivity index (χ4v) is 3.08. The van der Waals surface area contributed by atoms with Crippen molar-refractivity contribution in [2.75, 3.05) is 0 Å². The van der Waals surface area contributed by atoms with E-state index in [0.29, 0.717) is 5.69 Å². The monoisotopic (exact) mass is 282 g/mol. The highest BCUT2D eigenvalue weighted by Gasteiger charge is 2.17. The average Bonchev–Trinajstić information content (AvgIpc) is 3.11. The number of aromatic carboxylic acids is 1. The van der Waals surface area contributed by atoms with Crippen LogP contribution in [0.25, 0.3) is 22.2 Å². The van der Waals surface area contributed by atoms with Crippen molar-refractivity contribution in [2.24, 2.45) is 0 Å². The smallest absolute Gasteiger partial charge is 0.374 e. The Bertz CT molecular complexity index is 844. The highest BCUT2D eigenvalue weighted by Crippen LogP contribution is 2.32. The van der Waals surface area contributed by atoms with Gasteiger partial charge in [0.2, 0.25) is 5.76 Å². The standard InChI is InChI=1S/C16H14N2O3/c19-16(20)15-8-14(18-21-15)9-5-6-13-11(7-9)10-3-1-2-4-12(10)17-13/h5-8,17H,1-4H2,(H,19,20). The van der Waals surface area contributed by atoms with Gasteiger partial charge in [0.25, 0.3) is 0 Å². The minimum atomic E-state index is -1.10. The van der Waals surface area contributed by atoms with Gasteiger partial charge >= 0.3 is 5.97 Å². The molecule has 106 valence electrons. The van der Waals surface area contributed by atoms with Crippen LogP contribution in [0, 0.1) is 0 Å². The maximum Gasteiger partial charge on any atom is 0.374 e. The lowest BCUT2D eigenvalue weighted by atomic mass is 9.95. The van der Waals surface area contributed by atoms with Crippen molar-refractivity contribution in [3.8, 4) is 11.3 Å². The van der Waals surface area contributed by atoms with Crippen LogP contribution < -0.4 is 0 Å². The molecule has 0 unspecified atom stereocenters. The number of carboxylic acids is 1. The molecule has 3 aromatic rings. The third-order valence-corrected chi connectivity index (χ3v) is 4.11. The fraction of sp³-hybridized carbons (Fsp3) is 0.250. The summed E-state index contributed by atoms with van der Waals surface area (Å²) in [7, 11) is 0. The molecule has 5 nitrogen and oxygen atoms in total. The van der Waals surface area contributed by atoms with Gasteiger partial charge in [-0.2, -0.15) is 0 Å². The number of aromatic amines is 1. The number of H-pyrrole nitrogens is 1. The number of nitrogens with zero attached hydrogens (tertiary/aromatic N) is 1. The fourth-order valence-electron chi connectivity index (χ4n) is 3.08. The van der Waals surface area contributed by atoms with Crippen LogP contribution in [-0.2, 0) is 12.8 Å². The van der Waals surface area contributed by atoms with Crippen LogP contribution in [0.3, 0.4) is 0 Å². The molecule has 2 N–H and O–H groups in total. The number of nitrogens with one attached hydrogen (secondary N) is 1. The minimum absolute atomic E-state index is 0.138. The van der Waals surface area contributed by atoms with Crippen molar-refractivity contribution >= 4 is 16.9 Å². The molecule has 0 aliphatic heterocycles. The number of aryl methyl sites for hydroxylation is 2. The largest absolute Gasteiger partial charge is 0.475 e. The van der Waals surface area contributed by atoms with E-state index in [2.05, 4.69) is 16.2 Å². The van der Waals surface area contributed by atoms with Crippen LogP contribution in [0.4, 0.5) is 0 Å². The Labute approximate surface area is 120 Å². The molecule has 0 radical (unpaired) electrons. The quantitative estimate of drug-likeness (QED) is 0.755. The Hall–Kier alpha value is -2.56. The van der Waals surface area contributed by atoms with E-state index in [0.717, 1.165) is 23.9 Å². The Balaban J connectivity index is 1.84. The summed E-state index contributed by atoms with van der Waals surface area (Å²) in [5, 5.41) is 14.0. The minimum Gasteiger partial charge on any atom is -0.475 e. The van der Waals surface area contributed by atoms with Gasteiger partial charge in [0, 0.05) is 28.2 Å². The van der Waals surface area contributed by atoms with Crippen molar-refractivity contribution in [1.82, 2.24) is 10.1 Å². The number of benzene rings is 1. The topological polar surface area (TPSA) is 79.1 Å². The van der Waals surface area contributed by atoms with Gasteiger partial charge in [-0.05, 0) is 43.4 Å². The molecule has 2 aromatic heterocycles. The lowest BCUT2D eigenvalue weighted by Crippen LogP contribution is -1.99. The van der Waals surface area contributed by atoms with Gasteiger partial charge in [0.05, 0.1) is 0 Å². The molecule has 5 heteroatoms. The maximum atomic E-state index is 10.9. The predicted molar refractivity (Wildman–Crippen MR) is 77.4 cm³/mol. The first-order valence-corrected chi connectivity index (χ1v) is 7.06. The number of hydrogen-bond acceptors (Lipinski definition) is 3. The molecule has 0 fully saturated rings. The number of rotatable bonds is 2. The van der Waals surface area contributed by atoms with Crippen molar-refractivity contribution in [3.63, 3.8) is 0 Å². The zero-order valence-electron chi connectivity index (χ0n) is 11.3. The molecular weight excluding hydrogens is 268 g/mol.